The first-order valence-electron chi connectivity index (χ1n) is 10.6. The molecule has 0 fully saturated rings. The number of rotatable bonds is 2. The van der Waals surface area contributed by atoms with Crippen LogP contribution >= 0.6 is 11.6 Å². The summed E-state index contributed by atoms with van der Waals surface area (Å²) in [6.45, 7) is 6.83. The summed E-state index contributed by atoms with van der Waals surface area (Å²) < 4.78 is 0. The van der Waals surface area contributed by atoms with Crippen LogP contribution in [0.2, 0.25) is 5.02 Å². The highest BCUT2D eigenvalue weighted by Gasteiger charge is 2.35. The number of para-hydroxylation sites is 1. The minimum atomic E-state index is 0.0384. The summed E-state index contributed by atoms with van der Waals surface area (Å²) in [5, 5.41) is 0.724. The van der Waals surface area contributed by atoms with E-state index in [-0.39, 0.29) is 12.1 Å². The molecule has 0 bridgehead atoms. The minimum Gasteiger partial charge on any atom is -0.296 e. The van der Waals surface area contributed by atoms with Crippen molar-refractivity contribution in [1.82, 2.24) is 4.98 Å². The van der Waals surface area contributed by atoms with Crippen LogP contribution < -0.4 is 21.3 Å². The fraction of sp³-hybridized carbons (Fsp3) is 0.148. The predicted octanol–water partition coefficient (Wildman–Crippen LogP) is 5.33. The van der Waals surface area contributed by atoms with Crippen LogP contribution in [0.1, 0.15) is 26.3 Å². The average molecular weight is 423 g/mol. The Balaban J connectivity index is 1.78. The predicted molar refractivity (Wildman–Crippen MR) is 134 cm³/mol. The molecule has 0 atom stereocenters. The molecule has 1 aliphatic heterocycles. The molecule has 2 heterocycles. The number of benzene rings is 3. The number of hydrogen-bond acceptors (Lipinski definition) is 2. The summed E-state index contributed by atoms with van der Waals surface area (Å²) in [4.78, 5) is 7.04. The third-order valence-corrected chi connectivity index (χ3v) is 6.24. The largest absolute Gasteiger partial charge is 0.296 e. The van der Waals surface area contributed by atoms with Gasteiger partial charge in [0, 0.05) is 22.6 Å². The molecule has 0 aliphatic carbocycles. The Morgan fingerprint density at radius 3 is 2.26 bits per heavy atom. The molecule has 0 spiro atoms. The highest BCUT2D eigenvalue weighted by Crippen LogP contribution is 2.37. The van der Waals surface area contributed by atoms with E-state index in [0.717, 1.165) is 22.2 Å². The second kappa shape index (κ2) is 7.58. The first-order valence-corrected chi connectivity index (χ1v) is 11.0. The average Bonchev–Trinajstić information content (AvgIpc) is 2.77. The highest BCUT2D eigenvalue weighted by molar-refractivity contribution is 6.98. The number of fused-ring (bicyclic) bond motifs is 2. The van der Waals surface area contributed by atoms with Gasteiger partial charge in [0.15, 0.2) is 0 Å². The van der Waals surface area contributed by atoms with E-state index in [1.54, 1.807) is 0 Å². The zero-order valence-electron chi connectivity index (χ0n) is 18.0. The number of nitrogens with zero attached hydrogens (tertiary/aromatic N) is 2. The Hall–Kier alpha value is -3.04. The van der Waals surface area contributed by atoms with E-state index >= 15 is 0 Å². The summed E-state index contributed by atoms with van der Waals surface area (Å²) in [7, 11) is 0. The maximum Gasteiger partial charge on any atom is 0.246 e. The van der Waals surface area contributed by atoms with Gasteiger partial charge in [-0.2, -0.15) is 0 Å². The van der Waals surface area contributed by atoms with Gasteiger partial charge in [0.25, 0.3) is 0 Å². The van der Waals surface area contributed by atoms with Crippen LogP contribution in [0.3, 0.4) is 0 Å². The lowest BCUT2D eigenvalue weighted by molar-refractivity contribution is 0.589. The number of pyridine rings is 1. The monoisotopic (exact) mass is 422 g/mol. The fourth-order valence-corrected chi connectivity index (χ4v) is 4.61. The second-order valence-corrected chi connectivity index (χ2v) is 9.53. The van der Waals surface area contributed by atoms with E-state index in [4.69, 9.17) is 16.6 Å². The van der Waals surface area contributed by atoms with Gasteiger partial charge in [-0.3, -0.25) is 4.90 Å². The van der Waals surface area contributed by atoms with Gasteiger partial charge in [-0.25, -0.2) is 4.98 Å². The van der Waals surface area contributed by atoms with Crippen LogP contribution in [-0.2, 0) is 5.41 Å². The van der Waals surface area contributed by atoms with Gasteiger partial charge in [0.2, 0.25) is 6.71 Å². The normalized spacial score (nSPS) is 13.0. The van der Waals surface area contributed by atoms with E-state index in [2.05, 4.69) is 105 Å². The SMILES string of the molecule is CC(C)(C)c1ccnc(N2c3ccccc3B(c3ccccc3)c3ccc(Cl)cc32)c1. The van der Waals surface area contributed by atoms with E-state index in [1.165, 1.54) is 22.0 Å². The fourth-order valence-electron chi connectivity index (χ4n) is 4.45. The Morgan fingerprint density at radius 1 is 0.774 bits per heavy atom. The molecule has 1 aliphatic rings. The Morgan fingerprint density at radius 2 is 1.48 bits per heavy atom. The summed E-state index contributed by atoms with van der Waals surface area (Å²) in [5.41, 5.74) is 7.29. The van der Waals surface area contributed by atoms with E-state index in [1.807, 2.05) is 12.3 Å². The summed E-state index contributed by atoms with van der Waals surface area (Å²) in [5.74, 6) is 0.912. The lowest BCUT2D eigenvalue weighted by atomic mass is 9.35. The van der Waals surface area contributed by atoms with Crippen molar-refractivity contribution in [2.24, 2.45) is 0 Å². The summed E-state index contributed by atoms with van der Waals surface area (Å²) in [6, 6.07) is 29.8. The van der Waals surface area contributed by atoms with Gasteiger partial charge in [-0.05, 0) is 52.2 Å². The second-order valence-electron chi connectivity index (χ2n) is 9.09. The van der Waals surface area contributed by atoms with Gasteiger partial charge >= 0.3 is 0 Å². The zero-order valence-corrected chi connectivity index (χ0v) is 18.8. The van der Waals surface area contributed by atoms with Crippen molar-refractivity contribution in [3.8, 4) is 0 Å². The number of halogens is 1. The summed E-state index contributed by atoms with van der Waals surface area (Å²) in [6.07, 6.45) is 1.91. The maximum atomic E-state index is 6.51. The smallest absolute Gasteiger partial charge is 0.246 e. The van der Waals surface area contributed by atoms with Crippen LogP contribution in [0.25, 0.3) is 0 Å². The topological polar surface area (TPSA) is 16.1 Å². The molecule has 0 saturated carbocycles. The van der Waals surface area contributed by atoms with Gasteiger partial charge in [-0.15, -0.1) is 0 Å². The van der Waals surface area contributed by atoms with Crippen molar-refractivity contribution in [3.63, 3.8) is 0 Å². The van der Waals surface area contributed by atoms with Gasteiger partial charge in [0.05, 0.1) is 0 Å². The quantitative estimate of drug-likeness (QED) is 0.357. The van der Waals surface area contributed by atoms with Gasteiger partial charge < -0.3 is 0 Å². The molecule has 1 aromatic heterocycles. The lowest BCUT2D eigenvalue weighted by Crippen LogP contribution is -2.57. The van der Waals surface area contributed by atoms with Gasteiger partial charge in [-0.1, -0.05) is 92.4 Å². The van der Waals surface area contributed by atoms with Crippen LogP contribution in [0.4, 0.5) is 17.2 Å². The molecule has 3 aromatic carbocycles. The van der Waals surface area contributed by atoms with Crippen LogP contribution in [0, 0.1) is 0 Å². The van der Waals surface area contributed by atoms with Crippen molar-refractivity contribution < 1.29 is 0 Å². The van der Waals surface area contributed by atoms with Crippen LogP contribution in [0.5, 0.6) is 0 Å². The first-order chi connectivity index (χ1) is 14.9. The molecule has 5 rings (SSSR count). The standard InChI is InChI=1S/C27H24BClN2/c1-27(2,3)19-15-16-30-26(17-19)31-24-12-8-7-11-22(24)28(20-9-5-4-6-10-20)23-14-13-21(29)18-25(23)31/h4-18H,1-3H3. The summed E-state index contributed by atoms with van der Waals surface area (Å²) >= 11 is 6.51. The van der Waals surface area contributed by atoms with E-state index < -0.39 is 0 Å². The molecule has 2 nitrogen and oxygen atoms in total. The number of aromatic nitrogens is 1. The molecule has 152 valence electrons. The molecule has 0 unspecified atom stereocenters. The van der Waals surface area contributed by atoms with Crippen molar-refractivity contribution >= 4 is 51.9 Å². The molecule has 0 N–H and O–H groups in total. The maximum absolute atomic E-state index is 6.51. The number of anilines is 3. The van der Waals surface area contributed by atoms with E-state index in [9.17, 15) is 0 Å². The molecule has 4 heteroatoms. The number of hydrogen-bond donors (Lipinski definition) is 0. The molecule has 0 amide bonds. The molecule has 31 heavy (non-hydrogen) atoms. The molecular formula is C27H24BClN2. The molecule has 0 saturated heterocycles. The molecule has 4 aromatic rings. The van der Waals surface area contributed by atoms with Crippen molar-refractivity contribution in [2.45, 2.75) is 26.2 Å². The minimum absolute atomic E-state index is 0.0384. The van der Waals surface area contributed by atoms with Crippen molar-refractivity contribution in [3.05, 3.63) is 102 Å². The van der Waals surface area contributed by atoms with Crippen LogP contribution in [-0.4, -0.2) is 11.7 Å². The van der Waals surface area contributed by atoms with Crippen molar-refractivity contribution in [1.29, 1.82) is 0 Å². The van der Waals surface area contributed by atoms with Crippen molar-refractivity contribution in [2.75, 3.05) is 4.90 Å². The van der Waals surface area contributed by atoms with Crippen LogP contribution in [0.15, 0.2) is 91.1 Å². The Labute approximate surface area is 189 Å². The third-order valence-electron chi connectivity index (χ3n) is 6.01. The van der Waals surface area contributed by atoms with Gasteiger partial charge in [0.1, 0.15) is 5.82 Å². The zero-order chi connectivity index (χ0) is 21.6. The first kappa shape index (κ1) is 19.9. The van der Waals surface area contributed by atoms with E-state index in [0.29, 0.717) is 0 Å². The molecule has 0 radical (unpaired) electrons. The Bertz CT molecular complexity index is 1250. The molecular weight excluding hydrogens is 399 g/mol. The Kier molecular flexibility index (Phi) is 4.87. The third kappa shape index (κ3) is 3.53. The highest BCUT2D eigenvalue weighted by atomic mass is 35.5. The lowest BCUT2D eigenvalue weighted by Gasteiger charge is -2.36.